The van der Waals surface area contributed by atoms with Gasteiger partial charge in [-0.25, -0.2) is 4.68 Å². The molecule has 2 aromatic carbocycles. The van der Waals surface area contributed by atoms with E-state index < -0.39 is 0 Å². The Kier molecular flexibility index (Phi) is 2.90. The van der Waals surface area contributed by atoms with E-state index in [0.29, 0.717) is 15.6 Å². The minimum absolute atomic E-state index is 0.483. The molecule has 0 radical (unpaired) electrons. The van der Waals surface area contributed by atoms with Crippen LogP contribution in [0.15, 0.2) is 42.6 Å². The number of hydrogen-bond acceptors (Lipinski definition) is 2. The first-order chi connectivity index (χ1) is 9.19. The molecule has 0 bridgehead atoms. The van der Waals surface area contributed by atoms with Gasteiger partial charge < -0.3 is 0 Å². The summed E-state index contributed by atoms with van der Waals surface area (Å²) >= 11 is 11.9. The van der Waals surface area contributed by atoms with Crippen molar-refractivity contribution in [1.29, 1.82) is 5.26 Å². The van der Waals surface area contributed by atoms with Crippen molar-refractivity contribution in [1.82, 2.24) is 9.78 Å². The van der Waals surface area contributed by atoms with Crippen molar-refractivity contribution in [2.75, 3.05) is 0 Å². The summed E-state index contributed by atoms with van der Waals surface area (Å²) in [7, 11) is 0. The molecule has 0 atom stereocenters. The molecule has 0 spiro atoms. The van der Waals surface area contributed by atoms with E-state index in [1.165, 1.54) is 0 Å². The van der Waals surface area contributed by atoms with E-state index in [9.17, 15) is 0 Å². The van der Waals surface area contributed by atoms with Crippen molar-refractivity contribution < 1.29 is 0 Å². The molecule has 0 N–H and O–H groups in total. The monoisotopic (exact) mass is 287 g/mol. The third-order valence-corrected chi connectivity index (χ3v) is 3.58. The number of benzene rings is 2. The summed E-state index contributed by atoms with van der Waals surface area (Å²) in [5.74, 6) is 0. The lowest BCUT2D eigenvalue weighted by molar-refractivity contribution is 0.911. The van der Waals surface area contributed by atoms with Crippen LogP contribution in [0.4, 0.5) is 0 Å². The Hall–Kier alpha value is -2.02. The van der Waals surface area contributed by atoms with Crippen LogP contribution in [0.2, 0.25) is 10.0 Å². The molecule has 3 aromatic rings. The maximum Gasteiger partial charge on any atom is 0.0991 e. The number of aromatic nitrogens is 2. The van der Waals surface area contributed by atoms with Crippen molar-refractivity contribution >= 4 is 34.1 Å². The van der Waals surface area contributed by atoms with Crippen LogP contribution in [0.1, 0.15) is 5.56 Å². The summed E-state index contributed by atoms with van der Waals surface area (Å²) in [6.07, 6.45) is 1.72. The Morgan fingerprint density at radius 2 is 1.89 bits per heavy atom. The average Bonchev–Trinajstić information content (AvgIpc) is 2.84. The molecule has 0 saturated carbocycles. The quantitative estimate of drug-likeness (QED) is 0.673. The SMILES string of the molecule is N#Cc1ccc2c(cnn2-c2ccc(Cl)c(Cl)c2)c1. The van der Waals surface area contributed by atoms with Gasteiger partial charge in [-0.2, -0.15) is 10.4 Å². The summed E-state index contributed by atoms with van der Waals surface area (Å²) < 4.78 is 1.76. The second-order valence-corrected chi connectivity index (χ2v) is 4.85. The molecular weight excluding hydrogens is 281 g/mol. The summed E-state index contributed by atoms with van der Waals surface area (Å²) in [5, 5.41) is 15.1. The van der Waals surface area contributed by atoms with Crippen LogP contribution in [0.5, 0.6) is 0 Å². The minimum atomic E-state index is 0.483. The van der Waals surface area contributed by atoms with Gasteiger partial charge in [0, 0.05) is 5.39 Å². The predicted octanol–water partition coefficient (Wildman–Crippen LogP) is 4.20. The third kappa shape index (κ3) is 2.06. The highest BCUT2D eigenvalue weighted by molar-refractivity contribution is 6.42. The summed E-state index contributed by atoms with van der Waals surface area (Å²) in [5.41, 5.74) is 2.35. The van der Waals surface area contributed by atoms with E-state index in [-0.39, 0.29) is 0 Å². The fraction of sp³-hybridized carbons (Fsp3) is 0. The highest BCUT2D eigenvalue weighted by Crippen LogP contribution is 2.26. The number of halogens is 2. The van der Waals surface area contributed by atoms with Gasteiger partial charge in [-0.1, -0.05) is 23.2 Å². The molecule has 1 aromatic heterocycles. The zero-order chi connectivity index (χ0) is 13.4. The highest BCUT2D eigenvalue weighted by atomic mass is 35.5. The van der Waals surface area contributed by atoms with E-state index in [1.807, 2.05) is 12.1 Å². The van der Waals surface area contributed by atoms with Gasteiger partial charge >= 0.3 is 0 Å². The highest BCUT2D eigenvalue weighted by Gasteiger charge is 2.07. The maximum absolute atomic E-state index is 8.88. The fourth-order valence-electron chi connectivity index (χ4n) is 1.93. The topological polar surface area (TPSA) is 41.6 Å². The Labute approximate surface area is 119 Å². The fourth-order valence-corrected chi connectivity index (χ4v) is 2.22. The largest absolute Gasteiger partial charge is 0.233 e. The average molecular weight is 288 g/mol. The molecule has 0 amide bonds. The first kappa shape index (κ1) is 12.0. The van der Waals surface area contributed by atoms with E-state index in [4.69, 9.17) is 28.5 Å². The summed E-state index contributed by atoms with van der Waals surface area (Å²) in [6, 6.07) is 12.9. The first-order valence-corrected chi connectivity index (χ1v) is 6.28. The second kappa shape index (κ2) is 4.58. The van der Waals surface area contributed by atoms with Gasteiger partial charge in [-0.3, -0.25) is 0 Å². The Balaban J connectivity index is 2.20. The minimum Gasteiger partial charge on any atom is -0.233 e. The van der Waals surface area contributed by atoms with E-state index in [0.717, 1.165) is 16.6 Å². The second-order valence-electron chi connectivity index (χ2n) is 4.04. The normalized spacial score (nSPS) is 10.6. The molecule has 0 saturated heterocycles. The zero-order valence-corrected chi connectivity index (χ0v) is 11.2. The van der Waals surface area contributed by atoms with Crippen LogP contribution < -0.4 is 0 Å². The molecule has 0 unspecified atom stereocenters. The smallest absolute Gasteiger partial charge is 0.0991 e. The van der Waals surface area contributed by atoms with Crippen LogP contribution >= 0.6 is 23.2 Å². The Morgan fingerprint density at radius 3 is 2.63 bits per heavy atom. The van der Waals surface area contributed by atoms with Gasteiger partial charge in [0.1, 0.15) is 0 Å². The lowest BCUT2D eigenvalue weighted by Crippen LogP contribution is -1.95. The van der Waals surface area contributed by atoms with E-state index in [2.05, 4.69) is 11.2 Å². The predicted molar refractivity (Wildman–Crippen MR) is 75.8 cm³/mol. The molecule has 19 heavy (non-hydrogen) atoms. The van der Waals surface area contributed by atoms with E-state index in [1.54, 1.807) is 35.1 Å². The van der Waals surface area contributed by atoms with Gasteiger partial charge in [0.25, 0.3) is 0 Å². The van der Waals surface area contributed by atoms with Gasteiger partial charge in [0.15, 0.2) is 0 Å². The molecule has 0 aliphatic carbocycles. The zero-order valence-electron chi connectivity index (χ0n) is 9.64. The lowest BCUT2D eigenvalue weighted by atomic mass is 10.2. The van der Waals surface area contributed by atoms with Gasteiger partial charge in [0.2, 0.25) is 0 Å². The number of nitriles is 1. The summed E-state index contributed by atoms with van der Waals surface area (Å²) in [6.45, 7) is 0. The number of nitrogens with zero attached hydrogens (tertiary/aromatic N) is 3. The van der Waals surface area contributed by atoms with Crippen molar-refractivity contribution in [2.24, 2.45) is 0 Å². The van der Waals surface area contributed by atoms with Crippen LogP contribution in [-0.2, 0) is 0 Å². The standard InChI is InChI=1S/C14H7Cl2N3/c15-12-3-2-11(6-13(12)16)19-14-4-1-9(7-17)5-10(14)8-18-19/h1-6,8H. The molecule has 0 aliphatic rings. The van der Waals surface area contributed by atoms with Crippen LogP contribution in [0.3, 0.4) is 0 Å². The molecule has 0 fully saturated rings. The Morgan fingerprint density at radius 1 is 1.05 bits per heavy atom. The number of rotatable bonds is 1. The van der Waals surface area contributed by atoms with Crippen molar-refractivity contribution in [3.63, 3.8) is 0 Å². The molecular formula is C14H7Cl2N3. The molecule has 5 heteroatoms. The van der Waals surface area contributed by atoms with E-state index >= 15 is 0 Å². The first-order valence-electron chi connectivity index (χ1n) is 5.52. The molecule has 3 nitrogen and oxygen atoms in total. The van der Waals surface area contributed by atoms with Crippen molar-refractivity contribution in [3.8, 4) is 11.8 Å². The molecule has 0 aliphatic heterocycles. The lowest BCUT2D eigenvalue weighted by Gasteiger charge is -2.05. The maximum atomic E-state index is 8.88. The van der Waals surface area contributed by atoms with Gasteiger partial charge in [0.05, 0.1) is 39.1 Å². The summed E-state index contributed by atoms with van der Waals surface area (Å²) in [4.78, 5) is 0. The van der Waals surface area contributed by atoms with Crippen LogP contribution in [0, 0.1) is 11.3 Å². The number of fused-ring (bicyclic) bond motifs is 1. The third-order valence-electron chi connectivity index (χ3n) is 2.84. The number of hydrogen-bond donors (Lipinski definition) is 0. The van der Waals surface area contributed by atoms with Crippen LogP contribution in [-0.4, -0.2) is 9.78 Å². The van der Waals surface area contributed by atoms with Crippen molar-refractivity contribution in [3.05, 3.63) is 58.2 Å². The Bertz CT molecular complexity index is 815. The molecule has 1 heterocycles. The van der Waals surface area contributed by atoms with Crippen LogP contribution in [0.25, 0.3) is 16.6 Å². The molecule has 92 valence electrons. The van der Waals surface area contributed by atoms with Gasteiger partial charge in [-0.15, -0.1) is 0 Å². The molecule has 3 rings (SSSR count). The van der Waals surface area contributed by atoms with Gasteiger partial charge in [-0.05, 0) is 36.4 Å². The van der Waals surface area contributed by atoms with Crippen molar-refractivity contribution in [2.45, 2.75) is 0 Å².